The number of fused-ring (bicyclic) bond motifs is 9. The van der Waals surface area contributed by atoms with E-state index < -0.39 is 316 Å². The van der Waals surface area contributed by atoms with E-state index in [1.165, 1.54) is 0 Å². The quantitative estimate of drug-likeness (QED) is 0.171. The lowest BCUT2D eigenvalue weighted by atomic mass is 10.0. The standard InChI is InChI=1S/C54H34N2O/c1-3-13-35(14-4-1)37-23-27-41(28-24-37)55-47-20-10-7-17-42(47)45-31-38(25-29-49(45)55)39-26-30-50-46(32-39)43-18-8-11-21-48(43)56(50)51-33-40(36-15-5-2-6-16-36)34-53-54(51)44-19-9-12-22-52(44)57-53/h1-34H/i1D,2D,3D,4D,5D,6D,7D,8D,9D,10D,11D,12D,13D,14D,15D,16D,17D,18D,19D,20D,21D,22D,23D,24D,25D,26D,27D,28D,29D,30D,31D,32D,33D,34D. The highest BCUT2D eigenvalue weighted by molar-refractivity contribution is 6.16. The van der Waals surface area contributed by atoms with Crippen molar-refractivity contribution in [3.63, 3.8) is 0 Å². The molecular formula is C54H34N2O. The Kier molecular flexibility index (Phi) is 2.84. The smallest absolute Gasteiger partial charge is 0.138 e. The SMILES string of the molecule is [2H]c1c([2H])c([2H])c(-c2c([2H])c([2H])c(-n3c4c([2H])c([2H])c([2H])c([2H])c4c4c([2H])c(-c5c([2H])c([2H])c6c(c5[2H])c5c([2H])c([2H])c([2H])c([2H])c5n6-c5c([2H])c(-c6c([2H])c([2H])c([2H])c([2H])c6[2H])c([2H])c6oc7c([2H])c([2H])c([2H])c([2H])c7c56)c([2H])c([2H])c43)c([2H])c2[2H])c([2H])c1[2H]. The normalized spacial score (nSPS) is 20.2. The summed E-state index contributed by atoms with van der Waals surface area (Å²) >= 11 is 0. The van der Waals surface area contributed by atoms with Gasteiger partial charge in [-0.2, -0.15) is 0 Å². The van der Waals surface area contributed by atoms with Crippen LogP contribution in [0.4, 0.5) is 0 Å². The van der Waals surface area contributed by atoms with E-state index in [2.05, 4.69) is 0 Å². The van der Waals surface area contributed by atoms with E-state index in [4.69, 9.17) is 29.1 Å². The fourth-order valence-corrected chi connectivity index (χ4v) is 6.77. The molecule has 0 N–H and O–H groups in total. The fraction of sp³-hybridized carbons (Fsp3) is 0. The molecule has 0 aliphatic rings. The number of furan rings is 1. The van der Waals surface area contributed by atoms with Crippen molar-refractivity contribution in [3.05, 3.63) is 205 Å². The highest BCUT2D eigenvalue weighted by atomic mass is 16.3. The summed E-state index contributed by atoms with van der Waals surface area (Å²) in [6.07, 6.45) is 0. The summed E-state index contributed by atoms with van der Waals surface area (Å²) in [5.41, 5.74) is -11.2. The second kappa shape index (κ2) is 12.5. The molecule has 0 atom stereocenters. The van der Waals surface area contributed by atoms with Crippen LogP contribution in [0.3, 0.4) is 0 Å². The summed E-state index contributed by atoms with van der Waals surface area (Å²) in [5.74, 6) is 0. The van der Waals surface area contributed by atoms with Crippen molar-refractivity contribution < 1.29 is 51.0 Å². The van der Waals surface area contributed by atoms with Crippen molar-refractivity contribution in [1.82, 2.24) is 9.13 Å². The van der Waals surface area contributed by atoms with Gasteiger partial charge in [-0.05, 0) is 99.8 Å². The molecule has 0 bridgehead atoms. The lowest BCUT2D eigenvalue weighted by Crippen LogP contribution is -1.96. The molecule has 3 heteroatoms. The number of aromatic nitrogens is 2. The van der Waals surface area contributed by atoms with Gasteiger partial charge in [0.15, 0.2) is 0 Å². The van der Waals surface area contributed by atoms with Crippen LogP contribution in [0.25, 0.3) is 110 Å². The number of hydrogen-bond acceptors (Lipinski definition) is 1. The summed E-state index contributed by atoms with van der Waals surface area (Å²) in [6.45, 7) is 0. The van der Waals surface area contributed by atoms with Gasteiger partial charge >= 0.3 is 0 Å². The number of nitrogens with zero attached hydrogens (tertiary/aromatic N) is 2. The summed E-state index contributed by atoms with van der Waals surface area (Å²) in [7, 11) is 0. The van der Waals surface area contributed by atoms with Gasteiger partial charge in [0.25, 0.3) is 0 Å². The first-order valence-electron chi connectivity index (χ1n) is 33.7. The predicted molar refractivity (Wildman–Crippen MR) is 239 cm³/mol. The summed E-state index contributed by atoms with van der Waals surface area (Å²) in [4.78, 5) is 0. The molecule has 0 unspecified atom stereocenters. The van der Waals surface area contributed by atoms with Gasteiger partial charge in [0.2, 0.25) is 0 Å². The zero-order valence-electron chi connectivity index (χ0n) is 62.3. The Labute approximate surface area is 376 Å². The van der Waals surface area contributed by atoms with Gasteiger partial charge in [0, 0.05) is 32.6 Å². The van der Waals surface area contributed by atoms with Crippen molar-refractivity contribution in [2.75, 3.05) is 0 Å². The van der Waals surface area contributed by atoms with Gasteiger partial charge < -0.3 is 13.6 Å². The van der Waals surface area contributed by atoms with E-state index in [1.807, 2.05) is 0 Å². The minimum atomic E-state index is -1.16. The van der Waals surface area contributed by atoms with Crippen LogP contribution >= 0.6 is 0 Å². The highest BCUT2D eigenvalue weighted by Crippen LogP contribution is 2.43. The van der Waals surface area contributed by atoms with Gasteiger partial charge in [-0.1, -0.05) is 139 Å². The first kappa shape index (κ1) is 13.0. The first-order chi connectivity index (χ1) is 42.4. The van der Waals surface area contributed by atoms with E-state index in [9.17, 15) is 21.9 Å². The summed E-state index contributed by atoms with van der Waals surface area (Å²) in [6, 6.07) is -33.5. The number of hydrogen-bond donors (Lipinski definition) is 0. The maximum atomic E-state index is 10.1. The summed E-state index contributed by atoms with van der Waals surface area (Å²) < 4.78 is 316. The van der Waals surface area contributed by atoms with Gasteiger partial charge in [0.1, 0.15) is 11.2 Å². The van der Waals surface area contributed by atoms with E-state index in [1.54, 1.807) is 0 Å². The van der Waals surface area contributed by atoms with Gasteiger partial charge in [-0.25, -0.2) is 0 Å². The molecule has 57 heavy (non-hydrogen) atoms. The molecule has 0 saturated carbocycles. The molecule has 3 nitrogen and oxygen atoms in total. The van der Waals surface area contributed by atoms with E-state index in [0.29, 0.717) is 4.57 Å². The van der Waals surface area contributed by atoms with Gasteiger partial charge in [-0.15, -0.1) is 0 Å². The zero-order valence-corrected chi connectivity index (χ0v) is 28.3. The van der Waals surface area contributed by atoms with Crippen LogP contribution in [-0.4, -0.2) is 9.13 Å². The lowest BCUT2D eigenvalue weighted by Gasteiger charge is -2.13. The molecule has 12 rings (SSSR count). The number of benzene rings is 9. The van der Waals surface area contributed by atoms with Crippen molar-refractivity contribution in [2.24, 2.45) is 0 Å². The molecule has 266 valence electrons. The van der Waals surface area contributed by atoms with Crippen LogP contribution in [0.15, 0.2) is 210 Å². The second-order valence-corrected chi connectivity index (χ2v) is 12.3. The van der Waals surface area contributed by atoms with E-state index in [0.717, 1.165) is 4.57 Å². The van der Waals surface area contributed by atoms with Crippen LogP contribution in [0.1, 0.15) is 46.6 Å². The number of para-hydroxylation sites is 3. The monoisotopic (exact) mass is 760 g/mol. The summed E-state index contributed by atoms with van der Waals surface area (Å²) in [5, 5.41) is -4.02. The van der Waals surface area contributed by atoms with Crippen LogP contribution < -0.4 is 0 Å². The van der Waals surface area contributed by atoms with Crippen LogP contribution in [0, 0.1) is 0 Å². The Bertz CT molecular complexity index is 5440. The molecule has 0 amide bonds. The molecule has 0 aliphatic heterocycles. The minimum Gasteiger partial charge on any atom is -0.456 e. The highest BCUT2D eigenvalue weighted by Gasteiger charge is 2.20. The Morgan fingerprint density at radius 3 is 1.44 bits per heavy atom. The Morgan fingerprint density at radius 2 is 0.789 bits per heavy atom. The lowest BCUT2D eigenvalue weighted by molar-refractivity contribution is 0.669. The topological polar surface area (TPSA) is 23.0 Å². The minimum absolute atomic E-state index is 0.578. The van der Waals surface area contributed by atoms with Crippen LogP contribution in [-0.2, 0) is 0 Å². The Morgan fingerprint density at radius 1 is 0.316 bits per heavy atom. The Hall–Kier alpha value is -7.62. The molecule has 9 aromatic carbocycles. The van der Waals surface area contributed by atoms with Crippen molar-refractivity contribution in [1.29, 1.82) is 0 Å². The van der Waals surface area contributed by atoms with Crippen LogP contribution in [0.2, 0.25) is 0 Å². The van der Waals surface area contributed by atoms with Crippen molar-refractivity contribution in [2.45, 2.75) is 0 Å². The van der Waals surface area contributed by atoms with Crippen LogP contribution in [0.5, 0.6) is 0 Å². The second-order valence-electron chi connectivity index (χ2n) is 12.3. The molecule has 0 aliphatic carbocycles. The van der Waals surface area contributed by atoms with Crippen molar-refractivity contribution >= 4 is 65.6 Å². The average molecular weight is 761 g/mol. The van der Waals surface area contributed by atoms with Gasteiger partial charge in [-0.3, -0.25) is 0 Å². The molecule has 3 aromatic heterocycles. The number of rotatable bonds is 5. The van der Waals surface area contributed by atoms with E-state index >= 15 is 0 Å². The van der Waals surface area contributed by atoms with E-state index in [-0.39, 0.29) is 0 Å². The largest absolute Gasteiger partial charge is 0.456 e. The zero-order chi connectivity index (χ0) is 67.0. The first-order valence-corrected chi connectivity index (χ1v) is 16.7. The Balaban J connectivity index is 1.27. The third kappa shape index (κ3) is 4.92. The molecule has 0 spiro atoms. The third-order valence-electron chi connectivity index (χ3n) is 9.18. The van der Waals surface area contributed by atoms with Crippen molar-refractivity contribution in [3.8, 4) is 44.8 Å². The molecule has 0 radical (unpaired) electrons. The molecule has 0 fully saturated rings. The molecule has 3 heterocycles. The molecule has 12 aromatic rings. The third-order valence-corrected chi connectivity index (χ3v) is 9.18. The maximum absolute atomic E-state index is 10.1. The van der Waals surface area contributed by atoms with Gasteiger partial charge in [0.05, 0.1) is 79.7 Å². The fourth-order valence-electron chi connectivity index (χ4n) is 6.77. The maximum Gasteiger partial charge on any atom is 0.138 e. The average Bonchev–Trinajstić information content (AvgIpc) is 1.55. The molecule has 0 saturated heterocycles. The molecular weight excluding hydrogens is 693 g/mol. The predicted octanol–water partition coefficient (Wildman–Crippen LogP) is 14.8.